The summed E-state index contributed by atoms with van der Waals surface area (Å²) >= 11 is 6.16. The number of halogens is 1. The number of anilines is 1. The Hall–Kier alpha value is -2.18. The molecule has 2 bridgehead atoms. The molecule has 6 nitrogen and oxygen atoms in total. The van der Waals surface area contributed by atoms with Crippen LogP contribution < -0.4 is 10.2 Å². The molecule has 4 aliphatic rings. The molecule has 4 fully saturated rings. The smallest absolute Gasteiger partial charge is 0.234 e. The van der Waals surface area contributed by atoms with Crippen molar-refractivity contribution in [1.29, 1.82) is 0 Å². The number of carbonyl (C=O) groups excluding carboxylic acids is 1. The molecule has 2 unspecified atom stereocenters. The third kappa shape index (κ3) is 3.59. The molecule has 7 heteroatoms. The average Bonchev–Trinajstić information content (AvgIpc) is 3.57. The second-order valence-corrected chi connectivity index (χ2v) is 8.47. The molecule has 146 valence electrons. The number of amides is 1. The number of aromatic nitrogens is 2. The van der Waals surface area contributed by atoms with Crippen molar-refractivity contribution in [2.24, 2.45) is 0 Å². The van der Waals surface area contributed by atoms with E-state index in [-0.39, 0.29) is 5.91 Å². The van der Waals surface area contributed by atoms with Crippen molar-refractivity contribution in [3.63, 3.8) is 0 Å². The second kappa shape index (κ2) is 7.33. The van der Waals surface area contributed by atoms with Crippen LogP contribution in [0.3, 0.4) is 0 Å². The minimum absolute atomic E-state index is 0.0566. The van der Waals surface area contributed by atoms with Crippen LogP contribution in [-0.4, -0.2) is 52.5 Å². The van der Waals surface area contributed by atoms with Crippen molar-refractivity contribution in [2.75, 3.05) is 24.5 Å². The molecule has 6 rings (SSSR count). The van der Waals surface area contributed by atoms with E-state index in [4.69, 9.17) is 11.6 Å². The molecule has 1 aliphatic carbocycles. The summed E-state index contributed by atoms with van der Waals surface area (Å²) in [5, 5.41) is 3.69. The molecule has 1 amide bonds. The zero-order valence-corrected chi connectivity index (χ0v) is 16.5. The summed E-state index contributed by atoms with van der Waals surface area (Å²) in [6.07, 6.45) is 5.36. The number of fused-ring (bicyclic) bond motifs is 2. The maximum atomic E-state index is 12.4. The van der Waals surface area contributed by atoms with Gasteiger partial charge in [0.05, 0.1) is 6.54 Å². The van der Waals surface area contributed by atoms with Crippen LogP contribution in [0.25, 0.3) is 0 Å². The number of carbonyl (C=O) groups is 1. The summed E-state index contributed by atoms with van der Waals surface area (Å²) in [6, 6.07) is 10.6. The molecule has 28 heavy (non-hydrogen) atoms. The fourth-order valence-corrected chi connectivity index (χ4v) is 4.53. The van der Waals surface area contributed by atoms with Gasteiger partial charge in [0, 0.05) is 54.4 Å². The number of hydrogen-bond donors (Lipinski definition) is 1. The van der Waals surface area contributed by atoms with Crippen LogP contribution in [0.2, 0.25) is 5.02 Å². The predicted octanol–water partition coefficient (Wildman–Crippen LogP) is 2.59. The Morgan fingerprint density at radius 3 is 2.71 bits per heavy atom. The van der Waals surface area contributed by atoms with Gasteiger partial charge in [0.25, 0.3) is 0 Å². The summed E-state index contributed by atoms with van der Waals surface area (Å²) in [5.41, 5.74) is 2.13. The second-order valence-electron chi connectivity index (χ2n) is 8.06. The first-order valence-electron chi connectivity index (χ1n) is 10.00. The van der Waals surface area contributed by atoms with E-state index >= 15 is 0 Å². The van der Waals surface area contributed by atoms with Crippen molar-refractivity contribution >= 4 is 23.3 Å². The number of nitrogens with zero attached hydrogens (tertiary/aromatic N) is 4. The zero-order chi connectivity index (χ0) is 19.1. The van der Waals surface area contributed by atoms with Crippen LogP contribution >= 0.6 is 11.6 Å². The maximum absolute atomic E-state index is 12.4. The molecule has 1 saturated carbocycles. The summed E-state index contributed by atoms with van der Waals surface area (Å²) in [6.45, 7) is 2.77. The van der Waals surface area contributed by atoms with Crippen LogP contribution in [0.5, 0.6) is 0 Å². The highest BCUT2D eigenvalue weighted by molar-refractivity contribution is 6.31. The topological polar surface area (TPSA) is 61.4 Å². The van der Waals surface area contributed by atoms with Crippen LogP contribution in [0.1, 0.15) is 36.4 Å². The van der Waals surface area contributed by atoms with Gasteiger partial charge in [-0.15, -0.1) is 0 Å². The minimum Gasteiger partial charge on any atom is -0.353 e. The van der Waals surface area contributed by atoms with E-state index in [1.807, 2.05) is 24.3 Å². The Kier molecular flexibility index (Phi) is 4.69. The molecule has 4 heterocycles. The third-order valence-corrected chi connectivity index (χ3v) is 6.47. The van der Waals surface area contributed by atoms with Crippen LogP contribution in [-0.2, 0) is 11.3 Å². The van der Waals surface area contributed by atoms with Gasteiger partial charge in [-0.05, 0) is 30.9 Å². The highest BCUT2D eigenvalue weighted by Crippen LogP contribution is 2.40. The van der Waals surface area contributed by atoms with E-state index in [9.17, 15) is 4.79 Å². The third-order valence-electron chi connectivity index (χ3n) is 6.10. The highest BCUT2D eigenvalue weighted by atomic mass is 35.5. The highest BCUT2D eigenvalue weighted by Gasteiger charge is 2.45. The first kappa shape index (κ1) is 17.9. The van der Waals surface area contributed by atoms with Crippen LogP contribution in [0.4, 0.5) is 5.82 Å². The number of piperazine rings is 1. The lowest BCUT2D eigenvalue weighted by Gasteiger charge is -2.56. The number of benzene rings is 1. The number of rotatable bonds is 6. The Morgan fingerprint density at radius 1 is 1.18 bits per heavy atom. The van der Waals surface area contributed by atoms with Crippen molar-refractivity contribution in [1.82, 2.24) is 20.2 Å². The van der Waals surface area contributed by atoms with Gasteiger partial charge in [-0.3, -0.25) is 9.69 Å². The van der Waals surface area contributed by atoms with Gasteiger partial charge >= 0.3 is 0 Å². The van der Waals surface area contributed by atoms with E-state index in [2.05, 4.69) is 31.2 Å². The lowest BCUT2D eigenvalue weighted by molar-refractivity contribution is -0.127. The van der Waals surface area contributed by atoms with Crippen molar-refractivity contribution in [2.45, 2.75) is 43.8 Å². The fraction of sp³-hybridized carbons (Fsp3) is 0.476. The number of nitrogens with one attached hydrogen (secondary N) is 1. The molecule has 1 N–H and O–H groups in total. The first-order valence-corrected chi connectivity index (χ1v) is 10.4. The van der Waals surface area contributed by atoms with Gasteiger partial charge in [-0.2, -0.15) is 0 Å². The zero-order valence-electron chi connectivity index (χ0n) is 15.7. The Balaban J connectivity index is 1.15. The van der Waals surface area contributed by atoms with E-state index in [1.54, 1.807) is 6.33 Å². The Morgan fingerprint density at radius 2 is 1.96 bits per heavy atom. The van der Waals surface area contributed by atoms with Gasteiger partial charge in [0.1, 0.15) is 12.1 Å². The lowest BCUT2D eigenvalue weighted by Crippen LogP contribution is -2.70. The fourth-order valence-electron chi connectivity index (χ4n) is 4.33. The van der Waals surface area contributed by atoms with Gasteiger partial charge in [0.15, 0.2) is 0 Å². The molecule has 1 aromatic carbocycles. The van der Waals surface area contributed by atoms with Crippen molar-refractivity contribution in [3.05, 3.63) is 52.9 Å². The molecule has 1 aromatic heterocycles. The molecular weight excluding hydrogens is 374 g/mol. The van der Waals surface area contributed by atoms with E-state index in [0.717, 1.165) is 30.9 Å². The van der Waals surface area contributed by atoms with Gasteiger partial charge in [-0.25, -0.2) is 9.97 Å². The summed E-state index contributed by atoms with van der Waals surface area (Å²) < 4.78 is 0. The minimum atomic E-state index is 0.0566. The number of hydrogen-bond acceptors (Lipinski definition) is 5. The Labute approximate surface area is 169 Å². The molecule has 2 aromatic rings. The monoisotopic (exact) mass is 397 g/mol. The summed E-state index contributed by atoms with van der Waals surface area (Å²) in [4.78, 5) is 26.0. The molecule has 3 saturated heterocycles. The molecule has 3 aliphatic heterocycles. The molecule has 2 atom stereocenters. The van der Waals surface area contributed by atoms with E-state index in [1.165, 1.54) is 18.5 Å². The SMILES string of the molecule is O=C(CN1C2CC1CN(c1cc(C3CC3)ncn1)C2)NCc1ccccc1Cl. The lowest BCUT2D eigenvalue weighted by atomic mass is 9.87. The summed E-state index contributed by atoms with van der Waals surface area (Å²) in [7, 11) is 0. The average molecular weight is 398 g/mol. The predicted molar refractivity (Wildman–Crippen MR) is 108 cm³/mol. The van der Waals surface area contributed by atoms with E-state index < -0.39 is 0 Å². The van der Waals surface area contributed by atoms with Crippen LogP contribution in [0, 0.1) is 0 Å². The van der Waals surface area contributed by atoms with Crippen LogP contribution in [0.15, 0.2) is 36.7 Å². The quantitative estimate of drug-likeness (QED) is 0.811. The van der Waals surface area contributed by atoms with Gasteiger partial charge < -0.3 is 10.2 Å². The van der Waals surface area contributed by atoms with Crippen molar-refractivity contribution in [3.8, 4) is 0 Å². The largest absolute Gasteiger partial charge is 0.353 e. The Bertz CT molecular complexity index is 875. The maximum Gasteiger partial charge on any atom is 0.234 e. The molecule has 0 radical (unpaired) electrons. The number of piperidine rings is 1. The first-order chi connectivity index (χ1) is 13.7. The van der Waals surface area contributed by atoms with Gasteiger partial charge in [0.2, 0.25) is 5.91 Å². The summed E-state index contributed by atoms with van der Waals surface area (Å²) in [5.74, 6) is 1.73. The normalized spacial score (nSPS) is 24.0. The van der Waals surface area contributed by atoms with Crippen molar-refractivity contribution < 1.29 is 4.79 Å². The molecule has 0 spiro atoms. The standard InChI is InChI=1S/C21H24ClN5O/c22-18-4-2-1-3-15(18)9-23-21(28)12-27-16-7-17(27)11-26(10-16)20-8-19(14-5-6-14)24-13-25-20/h1-4,8,13-14,16-17H,5-7,9-12H2,(H,23,28). The van der Waals surface area contributed by atoms with Gasteiger partial charge in [-0.1, -0.05) is 29.8 Å². The molecular formula is C21H24ClN5O. The van der Waals surface area contributed by atoms with E-state index in [0.29, 0.717) is 36.1 Å².